The highest BCUT2D eigenvalue weighted by Crippen LogP contribution is 2.16. The lowest BCUT2D eigenvalue weighted by molar-refractivity contribution is -0.122. The van der Waals surface area contributed by atoms with Gasteiger partial charge in [0.15, 0.2) is 0 Å². The van der Waals surface area contributed by atoms with Gasteiger partial charge in [-0.1, -0.05) is 11.4 Å². The molecule has 1 amide bonds. The monoisotopic (exact) mass is 258 g/mol. The van der Waals surface area contributed by atoms with E-state index in [0.29, 0.717) is 19.6 Å². The van der Waals surface area contributed by atoms with Crippen LogP contribution in [-0.4, -0.2) is 40.5 Å². The second-order valence-corrected chi connectivity index (χ2v) is 4.47. The van der Waals surface area contributed by atoms with Crippen molar-refractivity contribution in [2.75, 3.05) is 25.6 Å². The molecular weight excluding hydrogens is 240 g/mol. The summed E-state index contributed by atoms with van der Waals surface area (Å²) in [4.78, 5) is 13.3. The van der Waals surface area contributed by atoms with Crippen LogP contribution in [-0.2, 0) is 11.3 Å². The lowest BCUT2D eigenvalue weighted by Gasteiger charge is -2.15. The SMILES string of the molecule is CCCNC(=O)CN(C)Cc1nnsc1NN. The maximum absolute atomic E-state index is 11.5. The van der Waals surface area contributed by atoms with Gasteiger partial charge in [-0.15, -0.1) is 5.10 Å². The fourth-order valence-electron chi connectivity index (χ4n) is 1.30. The summed E-state index contributed by atoms with van der Waals surface area (Å²) in [5.41, 5.74) is 3.29. The number of hydrogen-bond acceptors (Lipinski definition) is 7. The van der Waals surface area contributed by atoms with E-state index < -0.39 is 0 Å². The average Bonchev–Trinajstić information content (AvgIpc) is 2.73. The van der Waals surface area contributed by atoms with Crippen molar-refractivity contribution < 1.29 is 4.79 Å². The van der Waals surface area contributed by atoms with Crippen molar-refractivity contribution >= 4 is 22.4 Å². The molecular formula is C9H18N6OS. The quantitative estimate of drug-likeness (QED) is 0.462. The van der Waals surface area contributed by atoms with Crippen molar-refractivity contribution in [1.82, 2.24) is 19.8 Å². The van der Waals surface area contributed by atoms with E-state index in [1.807, 2.05) is 18.9 Å². The Bertz CT molecular complexity index is 355. The van der Waals surface area contributed by atoms with Gasteiger partial charge >= 0.3 is 0 Å². The van der Waals surface area contributed by atoms with E-state index >= 15 is 0 Å². The summed E-state index contributed by atoms with van der Waals surface area (Å²) in [5, 5.41) is 7.49. The van der Waals surface area contributed by atoms with Gasteiger partial charge in [-0.25, -0.2) is 5.84 Å². The molecule has 96 valence electrons. The maximum Gasteiger partial charge on any atom is 0.234 e. The fraction of sp³-hybridized carbons (Fsp3) is 0.667. The Labute approximate surface area is 105 Å². The van der Waals surface area contributed by atoms with Crippen LogP contribution in [0.25, 0.3) is 0 Å². The van der Waals surface area contributed by atoms with E-state index in [1.165, 1.54) is 11.5 Å². The zero-order chi connectivity index (χ0) is 12.7. The van der Waals surface area contributed by atoms with E-state index in [0.717, 1.165) is 17.1 Å². The van der Waals surface area contributed by atoms with Gasteiger partial charge in [0, 0.05) is 24.6 Å². The van der Waals surface area contributed by atoms with Crippen LogP contribution in [0.3, 0.4) is 0 Å². The average molecular weight is 258 g/mol. The highest BCUT2D eigenvalue weighted by molar-refractivity contribution is 7.10. The standard InChI is InChI=1S/C9H18N6OS/c1-3-4-11-8(16)6-15(2)5-7-9(12-10)17-14-13-7/h12H,3-6,10H2,1-2H3,(H,11,16). The molecule has 1 heterocycles. The first-order valence-electron chi connectivity index (χ1n) is 5.40. The summed E-state index contributed by atoms with van der Waals surface area (Å²) in [5.74, 6) is 5.33. The van der Waals surface area contributed by atoms with Crippen LogP contribution in [0.1, 0.15) is 19.0 Å². The lowest BCUT2D eigenvalue weighted by atomic mass is 10.4. The van der Waals surface area contributed by atoms with E-state index in [-0.39, 0.29) is 5.91 Å². The van der Waals surface area contributed by atoms with E-state index in [1.54, 1.807) is 0 Å². The predicted octanol–water partition coefficient (Wildman–Crippen LogP) is -0.218. The highest BCUT2D eigenvalue weighted by Gasteiger charge is 2.11. The number of nitrogens with one attached hydrogen (secondary N) is 2. The molecule has 0 atom stereocenters. The van der Waals surface area contributed by atoms with Crippen LogP contribution in [0.5, 0.6) is 0 Å². The molecule has 8 heteroatoms. The number of amides is 1. The minimum absolute atomic E-state index is 0.0137. The molecule has 0 unspecified atom stereocenters. The van der Waals surface area contributed by atoms with Crippen molar-refractivity contribution in [2.24, 2.45) is 5.84 Å². The molecule has 1 aromatic heterocycles. The van der Waals surface area contributed by atoms with Gasteiger partial charge in [0.2, 0.25) is 5.91 Å². The van der Waals surface area contributed by atoms with Gasteiger partial charge < -0.3 is 10.7 Å². The molecule has 1 rings (SSSR count). The molecule has 0 aliphatic rings. The minimum Gasteiger partial charge on any atom is -0.355 e. The lowest BCUT2D eigenvalue weighted by Crippen LogP contribution is -2.35. The smallest absolute Gasteiger partial charge is 0.234 e. The summed E-state index contributed by atoms with van der Waals surface area (Å²) in [7, 11) is 1.85. The number of carbonyl (C=O) groups is 1. The summed E-state index contributed by atoms with van der Waals surface area (Å²) >= 11 is 1.20. The Balaban J connectivity index is 2.39. The van der Waals surface area contributed by atoms with Gasteiger partial charge in [0.25, 0.3) is 0 Å². The molecule has 0 spiro atoms. The van der Waals surface area contributed by atoms with Gasteiger partial charge in [-0.3, -0.25) is 9.69 Å². The normalized spacial score (nSPS) is 10.6. The molecule has 0 aliphatic carbocycles. The zero-order valence-corrected chi connectivity index (χ0v) is 10.9. The number of anilines is 1. The van der Waals surface area contributed by atoms with E-state index in [4.69, 9.17) is 5.84 Å². The summed E-state index contributed by atoms with van der Waals surface area (Å²) < 4.78 is 3.80. The number of rotatable bonds is 7. The van der Waals surface area contributed by atoms with Crippen molar-refractivity contribution in [3.05, 3.63) is 5.69 Å². The van der Waals surface area contributed by atoms with Crippen LogP contribution in [0.4, 0.5) is 5.00 Å². The molecule has 0 bridgehead atoms. The molecule has 0 aromatic carbocycles. The third-order valence-corrected chi connectivity index (χ3v) is 2.79. The van der Waals surface area contributed by atoms with Gasteiger partial charge in [0.05, 0.1) is 6.54 Å². The number of hydrogen-bond donors (Lipinski definition) is 3. The molecule has 7 nitrogen and oxygen atoms in total. The molecule has 0 saturated carbocycles. The Morgan fingerprint density at radius 1 is 1.59 bits per heavy atom. The Hall–Kier alpha value is -1.25. The maximum atomic E-state index is 11.5. The third kappa shape index (κ3) is 4.63. The highest BCUT2D eigenvalue weighted by atomic mass is 32.1. The third-order valence-electron chi connectivity index (χ3n) is 2.09. The minimum atomic E-state index is 0.0137. The number of nitrogens with zero attached hydrogens (tertiary/aromatic N) is 3. The number of likely N-dealkylation sites (N-methyl/N-ethyl adjacent to an activating group) is 1. The Morgan fingerprint density at radius 2 is 2.35 bits per heavy atom. The number of aromatic nitrogens is 2. The number of hydrazine groups is 1. The van der Waals surface area contributed by atoms with Gasteiger partial charge in [-0.05, 0) is 13.5 Å². The topological polar surface area (TPSA) is 96.2 Å². The van der Waals surface area contributed by atoms with E-state index in [2.05, 4.69) is 20.3 Å². The molecule has 0 saturated heterocycles. The molecule has 0 fully saturated rings. The summed E-state index contributed by atoms with van der Waals surface area (Å²) in [6.07, 6.45) is 0.937. The second kappa shape index (κ2) is 7.15. The van der Waals surface area contributed by atoms with E-state index in [9.17, 15) is 4.79 Å². The van der Waals surface area contributed by atoms with Crippen LogP contribution < -0.4 is 16.6 Å². The first kappa shape index (κ1) is 13.8. The van der Waals surface area contributed by atoms with Gasteiger partial charge in [0.1, 0.15) is 10.7 Å². The number of carbonyl (C=O) groups excluding carboxylic acids is 1. The predicted molar refractivity (Wildman–Crippen MR) is 67.4 cm³/mol. The van der Waals surface area contributed by atoms with Crippen LogP contribution in [0.2, 0.25) is 0 Å². The molecule has 4 N–H and O–H groups in total. The molecule has 1 aromatic rings. The number of nitrogens with two attached hydrogens (primary N) is 1. The number of nitrogen functional groups attached to an aromatic ring is 1. The van der Waals surface area contributed by atoms with Crippen molar-refractivity contribution in [3.8, 4) is 0 Å². The Morgan fingerprint density at radius 3 is 3.00 bits per heavy atom. The molecule has 0 aliphatic heterocycles. The second-order valence-electron chi connectivity index (χ2n) is 3.72. The largest absolute Gasteiger partial charge is 0.355 e. The van der Waals surface area contributed by atoms with Crippen LogP contribution in [0.15, 0.2) is 0 Å². The van der Waals surface area contributed by atoms with Crippen molar-refractivity contribution in [2.45, 2.75) is 19.9 Å². The van der Waals surface area contributed by atoms with Crippen LogP contribution >= 0.6 is 11.5 Å². The first-order chi connectivity index (χ1) is 8.17. The Kier molecular flexibility index (Phi) is 5.81. The zero-order valence-electron chi connectivity index (χ0n) is 10.1. The molecule has 17 heavy (non-hydrogen) atoms. The van der Waals surface area contributed by atoms with Gasteiger partial charge in [-0.2, -0.15) is 0 Å². The summed E-state index contributed by atoms with van der Waals surface area (Å²) in [6.45, 7) is 3.60. The van der Waals surface area contributed by atoms with Crippen molar-refractivity contribution in [1.29, 1.82) is 0 Å². The van der Waals surface area contributed by atoms with Crippen molar-refractivity contribution in [3.63, 3.8) is 0 Å². The molecule has 0 radical (unpaired) electrons. The fourth-order valence-corrected chi connectivity index (χ4v) is 1.78. The van der Waals surface area contributed by atoms with Crippen LogP contribution in [0, 0.1) is 0 Å². The summed E-state index contributed by atoms with van der Waals surface area (Å²) in [6, 6.07) is 0. The first-order valence-corrected chi connectivity index (χ1v) is 6.17.